The fourth-order valence-corrected chi connectivity index (χ4v) is 3.92. The molecule has 2 fully saturated rings. The zero-order valence-corrected chi connectivity index (χ0v) is 15.5. The van der Waals surface area contributed by atoms with Crippen LogP contribution in [0.15, 0.2) is 30.3 Å². The van der Waals surface area contributed by atoms with Gasteiger partial charge in [-0.25, -0.2) is 4.79 Å². The number of nitrogens with one attached hydrogen (secondary N) is 1. The highest BCUT2D eigenvalue weighted by atomic mass is 16.5. The largest absolute Gasteiger partial charge is 0.373 e. The molecule has 0 aliphatic carbocycles. The van der Waals surface area contributed by atoms with Crippen LogP contribution in [0.25, 0.3) is 0 Å². The first-order valence-corrected chi connectivity index (χ1v) is 9.55. The molecular weight excluding hydrogens is 314 g/mol. The molecule has 2 aliphatic rings. The van der Waals surface area contributed by atoms with Gasteiger partial charge < -0.3 is 19.9 Å². The highest BCUT2D eigenvalue weighted by Crippen LogP contribution is 2.33. The maximum atomic E-state index is 12.5. The average molecular weight is 345 g/mol. The van der Waals surface area contributed by atoms with E-state index in [4.69, 9.17) is 4.74 Å². The van der Waals surface area contributed by atoms with E-state index >= 15 is 0 Å². The van der Waals surface area contributed by atoms with Crippen LogP contribution in [0.4, 0.5) is 4.79 Å². The number of urea groups is 1. The summed E-state index contributed by atoms with van der Waals surface area (Å²) in [5.41, 5.74) is 1.21. The molecule has 1 aromatic rings. The first kappa shape index (κ1) is 18.2. The molecular formula is C20H31N3O2. The van der Waals surface area contributed by atoms with Crippen LogP contribution >= 0.6 is 0 Å². The zero-order valence-electron chi connectivity index (χ0n) is 15.5. The Hall–Kier alpha value is -1.59. The molecule has 5 heteroatoms. The van der Waals surface area contributed by atoms with Gasteiger partial charge in [-0.3, -0.25) is 0 Å². The molecule has 2 aliphatic heterocycles. The SMILES string of the molecule is CCN(C)C[C@@H]1CCN(C(=O)NC[C@H]2CCO[C@@H]2c2ccccc2)C1. The Bertz CT molecular complexity index is 551. The highest BCUT2D eigenvalue weighted by molar-refractivity contribution is 5.74. The van der Waals surface area contributed by atoms with Crippen molar-refractivity contribution in [3.8, 4) is 0 Å². The predicted octanol–water partition coefficient (Wildman–Crippen LogP) is 2.75. The second-order valence-corrected chi connectivity index (χ2v) is 7.39. The van der Waals surface area contributed by atoms with Crippen molar-refractivity contribution in [2.75, 3.05) is 46.4 Å². The summed E-state index contributed by atoms with van der Waals surface area (Å²) < 4.78 is 5.91. The van der Waals surface area contributed by atoms with Crippen LogP contribution in [0.3, 0.4) is 0 Å². The summed E-state index contributed by atoms with van der Waals surface area (Å²) in [6.07, 6.45) is 2.21. The highest BCUT2D eigenvalue weighted by Gasteiger charge is 2.31. The standard InChI is InChI=1S/C20H31N3O2/c1-3-22(2)14-16-9-11-23(15-16)20(24)21-13-18-10-12-25-19(18)17-7-5-4-6-8-17/h4-8,16,18-19H,3,9-15H2,1-2H3,(H,21,24)/t16-,18+,19+/m0/s1. The Morgan fingerprint density at radius 2 is 2.12 bits per heavy atom. The third kappa shape index (κ3) is 4.73. The number of ether oxygens (including phenoxy) is 1. The van der Waals surface area contributed by atoms with E-state index in [1.54, 1.807) is 0 Å². The molecule has 2 amide bonds. The van der Waals surface area contributed by atoms with Crippen LogP contribution in [0.2, 0.25) is 0 Å². The number of nitrogens with zero attached hydrogens (tertiary/aromatic N) is 2. The molecule has 1 aromatic carbocycles. The van der Waals surface area contributed by atoms with Crippen molar-refractivity contribution < 1.29 is 9.53 Å². The topological polar surface area (TPSA) is 44.8 Å². The lowest BCUT2D eigenvalue weighted by Crippen LogP contribution is -2.41. The van der Waals surface area contributed by atoms with E-state index < -0.39 is 0 Å². The smallest absolute Gasteiger partial charge is 0.317 e. The van der Waals surface area contributed by atoms with Gasteiger partial charge in [-0.2, -0.15) is 0 Å². The zero-order chi connectivity index (χ0) is 17.6. The summed E-state index contributed by atoms with van der Waals surface area (Å²) >= 11 is 0. The van der Waals surface area contributed by atoms with E-state index in [1.165, 1.54) is 5.56 Å². The van der Waals surface area contributed by atoms with Crippen LogP contribution < -0.4 is 5.32 Å². The molecule has 0 unspecified atom stereocenters. The number of hydrogen-bond acceptors (Lipinski definition) is 3. The monoisotopic (exact) mass is 345 g/mol. The third-order valence-electron chi connectivity index (χ3n) is 5.54. The summed E-state index contributed by atoms with van der Waals surface area (Å²) in [5.74, 6) is 0.957. The number of likely N-dealkylation sites (tertiary alicyclic amines) is 1. The minimum atomic E-state index is 0.0837. The number of carbonyl (C=O) groups is 1. The van der Waals surface area contributed by atoms with Crippen molar-refractivity contribution >= 4 is 6.03 Å². The molecule has 0 saturated carbocycles. The summed E-state index contributed by atoms with van der Waals surface area (Å²) in [7, 11) is 2.15. The Morgan fingerprint density at radius 1 is 1.32 bits per heavy atom. The van der Waals surface area contributed by atoms with Crippen LogP contribution in [-0.2, 0) is 4.74 Å². The maximum Gasteiger partial charge on any atom is 0.317 e. The van der Waals surface area contributed by atoms with E-state index in [0.717, 1.165) is 45.6 Å². The van der Waals surface area contributed by atoms with Crippen molar-refractivity contribution in [2.24, 2.45) is 11.8 Å². The van der Waals surface area contributed by atoms with Crippen molar-refractivity contribution in [1.82, 2.24) is 15.1 Å². The van der Waals surface area contributed by atoms with Gasteiger partial charge in [0.2, 0.25) is 0 Å². The number of rotatable bonds is 6. The number of amides is 2. The molecule has 0 spiro atoms. The fourth-order valence-electron chi connectivity index (χ4n) is 3.92. The lowest BCUT2D eigenvalue weighted by Gasteiger charge is -2.23. The summed E-state index contributed by atoms with van der Waals surface area (Å²) in [4.78, 5) is 16.8. The van der Waals surface area contributed by atoms with Crippen LogP contribution in [0.1, 0.15) is 31.4 Å². The van der Waals surface area contributed by atoms with E-state index in [-0.39, 0.29) is 12.1 Å². The molecule has 2 heterocycles. The van der Waals surface area contributed by atoms with Crippen LogP contribution in [0.5, 0.6) is 0 Å². The molecule has 2 saturated heterocycles. The molecule has 0 bridgehead atoms. The Morgan fingerprint density at radius 3 is 2.88 bits per heavy atom. The Balaban J connectivity index is 1.46. The Kier molecular flexibility index (Phi) is 6.32. The Labute approximate surface area is 151 Å². The molecule has 3 atom stereocenters. The van der Waals surface area contributed by atoms with E-state index in [2.05, 4.69) is 36.3 Å². The van der Waals surface area contributed by atoms with Gasteiger partial charge in [-0.1, -0.05) is 37.3 Å². The number of benzene rings is 1. The average Bonchev–Trinajstić information content (AvgIpc) is 3.29. The quantitative estimate of drug-likeness (QED) is 0.862. The summed E-state index contributed by atoms with van der Waals surface area (Å²) in [5, 5.41) is 3.15. The maximum absolute atomic E-state index is 12.5. The van der Waals surface area contributed by atoms with E-state index in [1.807, 2.05) is 23.1 Å². The first-order chi connectivity index (χ1) is 12.2. The molecule has 5 nitrogen and oxygen atoms in total. The van der Waals surface area contributed by atoms with E-state index in [9.17, 15) is 4.79 Å². The van der Waals surface area contributed by atoms with Gasteiger partial charge in [0.05, 0.1) is 6.10 Å². The van der Waals surface area contributed by atoms with Gasteiger partial charge in [0, 0.05) is 38.7 Å². The molecule has 0 aromatic heterocycles. The van der Waals surface area contributed by atoms with Gasteiger partial charge in [-0.05, 0) is 37.9 Å². The minimum Gasteiger partial charge on any atom is -0.373 e. The fraction of sp³-hybridized carbons (Fsp3) is 0.650. The van der Waals surface area contributed by atoms with Gasteiger partial charge in [0.25, 0.3) is 0 Å². The molecule has 25 heavy (non-hydrogen) atoms. The summed E-state index contributed by atoms with van der Waals surface area (Å²) in [6.45, 7) is 7.52. The second-order valence-electron chi connectivity index (χ2n) is 7.39. The predicted molar refractivity (Wildman–Crippen MR) is 99.5 cm³/mol. The second kappa shape index (κ2) is 8.68. The third-order valence-corrected chi connectivity index (χ3v) is 5.54. The lowest BCUT2D eigenvalue weighted by molar-refractivity contribution is 0.0906. The summed E-state index contributed by atoms with van der Waals surface area (Å²) in [6, 6.07) is 10.4. The first-order valence-electron chi connectivity index (χ1n) is 9.55. The van der Waals surface area contributed by atoms with Crippen LogP contribution in [-0.4, -0.2) is 62.2 Å². The molecule has 3 rings (SSSR count). The van der Waals surface area contributed by atoms with Gasteiger partial charge >= 0.3 is 6.03 Å². The molecule has 0 radical (unpaired) electrons. The van der Waals surface area contributed by atoms with Crippen molar-refractivity contribution in [3.63, 3.8) is 0 Å². The molecule has 1 N–H and O–H groups in total. The number of hydrogen-bond donors (Lipinski definition) is 1. The van der Waals surface area contributed by atoms with Crippen molar-refractivity contribution in [1.29, 1.82) is 0 Å². The molecule has 138 valence electrons. The van der Waals surface area contributed by atoms with Crippen molar-refractivity contribution in [3.05, 3.63) is 35.9 Å². The van der Waals surface area contributed by atoms with Gasteiger partial charge in [0.1, 0.15) is 0 Å². The van der Waals surface area contributed by atoms with Gasteiger partial charge in [-0.15, -0.1) is 0 Å². The lowest BCUT2D eigenvalue weighted by atomic mass is 9.95. The van der Waals surface area contributed by atoms with Gasteiger partial charge in [0.15, 0.2) is 0 Å². The number of carbonyl (C=O) groups excluding carboxylic acids is 1. The minimum absolute atomic E-state index is 0.0837. The van der Waals surface area contributed by atoms with Crippen molar-refractivity contribution in [2.45, 2.75) is 25.9 Å². The van der Waals surface area contributed by atoms with Crippen LogP contribution in [0, 0.1) is 11.8 Å². The normalized spacial score (nSPS) is 26.4. The van der Waals surface area contributed by atoms with E-state index in [0.29, 0.717) is 18.4 Å².